The van der Waals surface area contributed by atoms with Gasteiger partial charge >= 0.3 is 0 Å². The standard InChI is InChI=1S/C15H24N2O3S/c1-3-16-10-13-6-4-8-15(12(13)2)21(18,19)17-11-14-7-5-9-20-14/h4,6,8,14,16-17H,3,5,7,9-11H2,1-2H3. The summed E-state index contributed by atoms with van der Waals surface area (Å²) in [5.41, 5.74) is 1.81. The summed E-state index contributed by atoms with van der Waals surface area (Å²) in [5.74, 6) is 0. The van der Waals surface area contributed by atoms with E-state index in [9.17, 15) is 8.42 Å². The highest BCUT2D eigenvalue weighted by atomic mass is 32.2. The molecule has 1 aromatic rings. The van der Waals surface area contributed by atoms with Crippen LogP contribution in [0.3, 0.4) is 0 Å². The lowest BCUT2D eigenvalue weighted by Crippen LogP contribution is -2.32. The number of benzene rings is 1. The Balaban J connectivity index is 2.11. The van der Waals surface area contributed by atoms with E-state index in [1.165, 1.54) is 0 Å². The summed E-state index contributed by atoms with van der Waals surface area (Å²) in [4.78, 5) is 0.357. The van der Waals surface area contributed by atoms with E-state index in [4.69, 9.17) is 4.74 Å². The second-order valence-electron chi connectivity index (χ2n) is 5.31. The van der Waals surface area contributed by atoms with Gasteiger partial charge in [-0.3, -0.25) is 0 Å². The fraction of sp³-hybridized carbons (Fsp3) is 0.600. The van der Waals surface area contributed by atoms with E-state index in [1.807, 2.05) is 19.9 Å². The number of rotatable bonds is 7. The lowest BCUT2D eigenvalue weighted by atomic mass is 10.1. The smallest absolute Gasteiger partial charge is 0.240 e. The largest absolute Gasteiger partial charge is 0.377 e. The van der Waals surface area contributed by atoms with Gasteiger partial charge in [0.1, 0.15) is 0 Å². The number of sulfonamides is 1. The molecular formula is C15H24N2O3S. The fourth-order valence-corrected chi connectivity index (χ4v) is 3.84. The van der Waals surface area contributed by atoms with E-state index in [2.05, 4.69) is 10.0 Å². The van der Waals surface area contributed by atoms with Crippen LogP contribution < -0.4 is 10.0 Å². The lowest BCUT2D eigenvalue weighted by molar-refractivity contribution is 0.114. The third kappa shape index (κ3) is 4.26. The molecule has 1 saturated heterocycles. The van der Waals surface area contributed by atoms with Crippen molar-refractivity contribution >= 4 is 10.0 Å². The minimum absolute atomic E-state index is 0.00465. The average Bonchev–Trinajstić information content (AvgIpc) is 2.97. The van der Waals surface area contributed by atoms with Crippen molar-refractivity contribution in [1.82, 2.24) is 10.0 Å². The molecule has 1 aliphatic heterocycles. The van der Waals surface area contributed by atoms with Gasteiger partial charge in [-0.2, -0.15) is 0 Å². The molecule has 0 aliphatic carbocycles. The third-order valence-electron chi connectivity index (χ3n) is 3.78. The van der Waals surface area contributed by atoms with E-state index >= 15 is 0 Å². The second-order valence-corrected chi connectivity index (χ2v) is 7.04. The fourth-order valence-electron chi connectivity index (χ4n) is 2.49. The van der Waals surface area contributed by atoms with Crippen LogP contribution in [0, 0.1) is 6.92 Å². The van der Waals surface area contributed by atoms with Crippen molar-refractivity contribution in [2.45, 2.75) is 44.2 Å². The molecule has 1 atom stereocenters. The maximum Gasteiger partial charge on any atom is 0.240 e. The van der Waals surface area contributed by atoms with Crippen LogP contribution in [0.1, 0.15) is 30.9 Å². The van der Waals surface area contributed by atoms with Gasteiger partial charge in [0.2, 0.25) is 10.0 Å². The number of hydrogen-bond donors (Lipinski definition) is 2. The molecule has 5 nitrogen and oxygen atoms in total. The molecule has 0 radical (unpaired) electrons. The molecule has 2 N–H and O–H groups in total. The monoisotopic (exact) mass is 312 g/mol. The first-order chi connectivity index (χ1) is 10.0. The Morgan fingerprint density at radius 3 is 2.86 bits per heavy atom. The normalized spacial score (nSPS) is 19.0. The quantitative estimate of drug-likeness (QED) is 0.802. The Morgan fingerprint density at radius 2 is 2.19 bits per heavy atom. The van der Waals surface area contributed by atoms with Crippen LogP contribution in [0.25, 0.3) is 0 Å². The van der Waals surface area contributed by atoms with Gasteiger partial charge in [0, 0.05) is 19.7 Å². The maximum absolute atomic E-state index is 12.4. The van der Waals surface area contributed by atoms with Crippen molar-refractivity contribution in [1.29, 1.82) is 0 Å². The second kappa shape index (κ2) is 7.35. The van der Waals surface area contributed by atoms with E-state index in [1.54, 1.807) is 12.1 Å². The molecule has 1 aromatic carbocycles. The first-order valence-electron chi connectivity index (χ1n) is 7.45. The Kier molecular flexibility index (Phi) is 5.75. The average molecular weight is 312 g/mol. The van der Waals surface area contributed by atoms with Gasteiger partial charge in [-0.1, -0.05) is 19.1 Å². The highest BCUT2D eigenvalue weighted by Crippen LogP contribution is 2.19. The molecule has 1 heterocycles. The summed E-state index contributed by atoms with van der Waals surface area (Å²) in [6.07, 6.45) is 1.93. The highest BCUT2D eigenvalue weighted by molar-refractivity contribution is 7.89. The highest BCUT2D eigenvalue weighted by Gasteiger charge is 2.22. The Hall–Kier alpha value is -0.950. The number of nitrogens with one attached hydrogen (secondary N) is 2. The van der Waals surface area contributed by atoms with Crippen molar-refractivity contribution in [3.63, 3.8) is 0 Å². The SMILES string of the molecule is CCNCc1cccc(S(=O)(=O)NCC2CCCO2)c1C. The van der Waals surface area contributed by atoms with Crippen molar-refractivity contribution in [3.05, 3.63) is 29.3 Å². The van der Waals surface area contributed by atoms with Crippen molar-refractivity contribution in [2.75, 3.05) is 19.7 Å². The minimum Gasteiger partial charge on any atom is -0.377 e. The number of hydrogen-bond acceptors (Lipinski definition) is 4. The van der Waals surface area contributed by atoms with E-state index in [0.29, 0.717) is 18.0 Å². The Bertz CT molecular complexity index is 566. The summed E-state index contributed by atoms with van der Waals surface area (Å²) < 4.78 is 33.0. The molecule has 1 fully saturated rings. The molecule has 118 valence electrons. The zero-order valence-electron chi connectivity index (χ0n) is 12.7. The van der Waals surface area contributed by atoms with E-state index in [0.717, 1.165) is 37.1 Å². The molecule has 1 aliphatic rings. The van der Waals surface area contributed by atoms with Crippen LogP contribution in [0.4, 0.5) is 0 Å². The van der Waals surface area contributed by atoms with Gasteiger partial charge in [0.15, 0.2) is 0 Å². The molecule has 0 amide bonds. The van der Waals surface area contributed by atoms with Crippen molar-refractivity contribution < 1.29 is 13.2 Å². The van der Waals surface area contributed by atoms with Gasteiger partial charge in [0.25, 0.3) is 0 Å². The predicted octanol–water partition coefficient (Wildman–Crippen LogP) is 1.56. The first-order valence-corrected chi connectivity index (χ1v) is 8.93. The van der Waals surface area contributed by atoms with Gasteiger partial charge < -0.3 is 10.1 Å². The minimum atomic E-state index is -3.48. The first kappa shape index (κ1) is 16.4. The molecule has 0 aromatic heterocycles. The molecule has 21 heavy (non-hydrogen) atoms. The summed E-state index contributed by atoms with van der Waals surface area (Å²) in [6, 6.07) is 5.40. The van der Waals surface area contributed by atoms with Gasteiger partial charge in [-0.05, 0) is 43.5 Å². The van der Waals surface area contributed by atoms with E-state index < -0.39 is 10.0 Å². The molecule has 0 spiro atoms. The van der Waals surface area contributed by atoms with Crippen LogP contribution >= 0.6 is 0 Å². The van der Waals surface area contributed by atoms with Crippen molar-refractivity contribution in [3.8, 4) is 0 Å². The predicted molar refractivity (Wildman–Crippen MR) is 82.7 cm³/mol. The summed E-state index contributed by atoms with van der Waals surface area (Å²) >= 11 is 0. The zero-order chi connectivity index (χ0) is 15.3. The van der Waals surface area contributed by atoms with Crippen LogP contribution in [-0.2, 0) is 21.3 Å². The van der Waals surface area contributed by atoms with Gasteiger partial charge in [-0.25, -0.2) is 13.1 Å². The summed E-state index contributed by atoms with van der Waals surface area (Å²) in [5, 5.41) is 3.23. The van der Waals surface area contributed by atoms with Crippen molar-refractivity contribution in [2.24, 2.45) is 0 Å². The Labute approximate surface area is 127 Å². The molecule has 2 rings (SSSR count). The zero-order valence-corrected chi connectivity index (χ0v) is 13.5. The van der Waals surface area contributed by atoms with E-state index in [-0.39, 0.29) is 6.10 Å². The number of ether oxygens (including phenoxy) is 1. The lowest BCUT2D eigenvalue weighted by Gasteiger charge is -2.15. The molecule has 6 heteroatoms. The Morgan fingerprint density at radius 1 is 1.38 bits per heavy atom. The molecule has 0 bridgehead atoms. The van der Waals surface area contributed by atoms with Crippen LogP contribution in [-0.4, -0.2) is 34.2 Å². The summed E-state index contributed by atoms with van der Waals surface area (Å²) in [7, 11) is -3.48. The molecular weight excluding hydrogens is 288 g/mol. The molecule has 0 saturated carbocycles. The van der Waals surface area contributed by atoms with Crippen LogP contribution in [0.2, 0.25) is 0 Å². The third-order valence-corrected chi connectivity index (χ3v) is 5.34. The van der Waals surface area contributed by atoms with Crippen LogP contribution in [0.5, 0.6) is 0 Å². The summed E-state index contributed by atoms with van der Waals surface area (Å²) in [6.45, 7) is 6.49. The maximum atomic E-state index is 12.4. The van der Waals surface area contributed by atoms with Gasteiger partial charge in [0.05, 0.1) is 11.0 Å². The van der Waals surface area contributed by atoms with Gasteiger partial charge in [-0.15, -0.1) is 0 Å². The molecule has 1 unspecified atom stereocenters. The van der Waals surface area contributed by atoms with Crippen LogP contribution in [0.15, 0.2) is 23.1 Å². The topological polar surface area (TPSA) is 67.4 Å².